The van der Waals surface area contributed by atoms with E-state index in [-0.39, 0.29) is 0 Å². The van der Waals surface area contributed by atoms with Crippen molar-refractivity contribution in [2.45, 2.75) is 6.92 Å². The summed E-state index contributed by atoms with van der Waals surface area (Å²) >= 11 is 1.15. The van der Waals surface area contributed by atoms with Crippen LogP contribution in [0.2, 0.25) is 0 Å². The van der Waals surface area contributed by atoms with Gasteiger partial charge in [-0.25, -0.2) is 0 Å². The van der Waals surface area contributed by atoms with Crippen LogP contribution in [-0.2, 0) is 0 Å². The first kappa shape index (κ1) is 6.01. The maximum Gasteiger partial charge on any atom is 0.247 e. The third-order valence-corrected chi connectivity index (χ3v) is 1.69. The smallest absolute Gasteiger partial charge is 0.151 e. The molecular formula is C5H9Al. The van der Waals surface area contributed by atoms with E-state index in [1.165, 1.54) is 5.57 Å². The summed E-state index contributed by atoms with van der Waals surface area (Å²) in [6.07, 6.45) is 1.87. The fourth-order valence-corrected chi connectivity index (χ4v) is 0.354. The quantitative estimate of drug-likeness (QED) is 0.333. The predicted octanol–water partition coefficient (Wildman–Crippen LogP) is 0.709. The third kappa shape index (κ3) is 2.26. The summed E-state index contributed by atoms with van der Waals surface area (Å²) in [5.74, 6) is 0. The molecule has 0 nitrogen and oxygen atoms in total. The summed E-state index contributed by atoms with van der Waals surface area (Å²) in [7, 11) is 0. The molecule has 0 amide bonds. The van der Waals surface area contributed by atoms with Crippen LogP contribution in [0.15, 0.2) is 23.2 Å². The Hall–Kier alpha value is 0.0125. The summed E-state index contributed by atoms with van der Waals surface area (Å²) in [5, 5.41) is 0. The molecule has 0 saturated carbocycles. The Bertz CT molecular complexity index is 72.0. The molecule has 0 spiro atoms. The highest BCUT2D eigenvalue weighted by Gasteiger charge is 1.66. The van der Waals surface area contributed by atoms with Gasteiger partial charge in [-0.05, 0) is 6.92 Å². The minimum Gasteiger partial charge on any atom is -0.151 e. The predicted molar refractivity (Wildman–Crippen MR) is 32.5 cm³/mol. The molecule has 32 valence electrons. The van der Waals surface area contributed by atoms with Crippen LogP contribution in [0.4, 0.5) is 0 Å². The molecular weight excluding hydrogens is 87.0 g/mol. The lowest BCUT2D eigenvalue weighted by Crippen LogP contribution is -1.61. The van der Waals surface area contributed by atoms with Crippen LogP contribution in [0.25, 0.3) is 0 Å². The number of hydrogen-bond donors (Lipinski definition) is 0. The van der Waals surface area contributed by atoms with Gasteiger partial charge in [-0.1, -0.05) is 18.2 Å². The first-order chi connectivity index (χ1) is 2.81. The number of rotatable bonds is 1. The topological polar surface area (TPSA) is 0 Å². The Morgan fingerprint density at radius 2 is 2.33 bits per heavy atom. The zero-order valence-corrected chi connectivity index (χ0v) is 6.36. The van der Waals surface area contributed by atoms with Crippen LogP contribution in [0.5, 0.6) is 0 Å². The second-order valence-corrected chi connectivity index (χ2v) is 1.81. The highest BCUT2D eigenvalue weighted by atomic mass is 27.0. The van der Waals surface area contributed by atoms with Crippen molar-refractivity contribution in [2.75, 3.05) is 0 Å². The van der Waals surface area contributed by atoms with Crippen molar-refractivity contribution in [3.8, 4) is 0 Å². The highest BCUT2D eigenvalue weighted by Crippen LogP contribution is 1.85. The molecule has 0 fully saturated rings. The van der Waals surface area contributed by atoms with Gasteiger partial charge in [-0.15, -0.1) is 0 Å². The molecule has 0 aliphatic carbocycles. The minimum absolute atomic E-state index is 1.15. The summed E-state index contributed by atoms with van der Waals surface area (Å²) in [5.41, 5.74) is 1.29. The lowest BCUT2D eigenvalue weighted by atomic mass is 10.4. The van der Waals surface area contributed by atoms with Gasteiger partial charge >= 0.3 is 0 Å². The lowest BCUT2D eigenvalue weighted by Gasteiger charge is -1.79. The van der Waals surface area contributed by atoms with Gasteiger partial charge in [0.15, 0.2) is 0 Å². The van der Waals surface area contributed by atoms with E-state index in [9.17, 15) is 0 Å². The second-order valence-electron chi connectivity index (χ2n) is 1.24. The molecule has 0 unspecified atom stereocenters. The molecule has 1 heteroatoms. The minimum atomic E-state index is 1.15. The SMILES string of the molecule is C=C/C(C)=[CH]/[AlH2]. The first-order valence-corrected chi connectivity index (χ1v) is 3.22. The summed E-state index contributed by atoms with van der Waals surface area (Å²) in [6, 6.07) is 0. The van der Waals surface area contributed by atoms with Crippen molar-refractivity contribution in [1.82, 2.24) is 0 Å². The second kappa shape index (κ2) is 3.21. The Kier molecular flexibility index (Phi) is 3.22. The van der Waals surface area contributed by atoms with E-state index in [0.717, 1.165) is 16.3 Å². The molecule has 6 heavy (non-hydrogen) atoms. The van der Waals surface area contributed by atoms with E-state index < -0.39 is 0 Å². The van der Waals surface area contributed by atoms with Gasteiger partial charge in [-0.2, -0.15) is 4.94 Å². The molecule has 0 aromatic heterocycles. The van der Waals surface area contributed by atoms with Crippen molar-refractivity contribution >= 4 is 16.3 Å². The van der Waals surface area contributed by atoms with E-state index in [1.54, 1.807) is 0 Å². The van der Waals surface area contributed by atoms with Gasteiger partial charge in [0.1, 0.15) is 0 Å². The standard InChI is InChI=1S/C5H7.Al.2H/c1-4-5(2)3;;;/h2,4H,1H2,3H3;;;. The molecule has 0 N–H and O–H groups in total. The van der Waals surface area contributed by atoms with Crippen molar-refractivity contribution in [3.63, 3.8) is 0 Å². The maximum atomic E-state index is 3.59. The molecule has 0 aromatic carbocycles. The average Bonchev–Trinajstić information content (AvgIpc) is 1.65. The number of hydrogen-bond acceptors (Lipinski definition) is 0. The Morgan fingerprint density at radius 3 is 2.33 bits per heavy atom. The molecule has 0 aromatic rings. The fraction of sp³-hybridized carbons (Fsp3) is 0.200. The van der Waals surface area contributed by atoms with E-state index in [4.69, 9.17) is 0 Å². The zero-order valence-electron chi connectivity index (χ0n) is 4.36. The van der Waals surface area contributed by atoms with Crippen molar-refractivity contribution in [3.05, 3.63) is 23.2 Å². The summed E-state index contributed by atoms with van der Waals surface area (Å²) in [4.78, 5) is 2.16. The van der Waals surface area contributed by atoms with Crippen molar-refractivity contribution in [1.29, 1.82) is 0 Å². The van der Waals surface area contributed by atoms with Crippen LogP contribution >= 0.6 is 0 Å². The zero-order chi connectivity index (χ0) is 4.99. The molecule has 0 aliphatic heterocycles. The van der Waals surface area contributed by atoms with E-state index >= 15 is 0 Å². The van der Waals surface area contributed by atoms with Gasteiger partial charge < -0.3 is 0 Å². The van der Waals surface area contributed by atoms with Gasteiger partial charge in [0.05, 0.1) is 0 Å². The van der Waals surface area contributed by atoms with Crippen LogP contribution < -0.4 is 0 Å². The molecule has 0 saturated heterocycles. The van der Waals surface area contributed by atoms with Gasteiger partial charge in [0, 0.05) is 0 Å². The first-order valence-electron chi connectivity index (χ1n) is 2.06. The molecule has 0 aliphatic rings. The third-order valence-electron chi connectivity index (χ3n) is 0.777. The highest BCUT2D eigenvalue weighted by molar-refractivity contribution is 6.17. The molecule has 0 heterocycles. The van der Waals surface area contributed by atoms with Crippen LogP contribution in [0.3, 0.4) is 0 Å². The molecule has 0 bridgehead atoms. The Balaban J connectivity index is 3.50. The Morgan fingerprint density at radius 1 is 1.83 bits per heavy atom. The monoisotopic (exact) mass is 96.1 g/mol. The normalized spacial score (nSPS) is 11.2. The van der Waals surface area contributed by atoms with E-state index in [2.05, 4.69) is 18.4 Å². The lowest BCUT2D eigenvalue weighted by molar-refractivity contribution is 1.57. The molecule has 0 rings (SSSR count). The Labute approximate surface area is 47.0 Å². The fourth-order valence-electron chi connectivity index (χ4n) is 0.118. The van der Waals surface area contributed by atoms with E-state index in [0.29, 0.717) is 0 Å². The maximum absolute atomic E-state index is 3.59. The summed E-state index contributed by atoms with van der Waals surface area (Å²) < 4.78 is 0. The number of allylic oxidation sites excluding steroid dienone is 2. The van der Waals surface area contributed by atoms with Crippen molar-refractivity contribution in [2.24, 2.45) is 0 Å². The summed E-state index contributed by atoms with van der Waals surface area (Å²) in [6.45, 7) is 5.64. The largest absolute Gasteiger partial charge is 0.247 e. The van der Waals surface area contributed by atoms with Crippen LogP contribution in [-0.4, -0.2) is 16.3 Å². The molecule has 0 atom stereocenters. The van der Waals surface area contributed by atoms with E-state index in [1.807, 2.05) is 6.08 Å². The van der Waals surface area contributed by atoms with Crippen LogP contribution in [0.1, 0.15) is 6.92 Å². The average molecular weight is 96.1 g/mol. The van der Waals surface area contributed by atoms with Crippen LogP contribution in [0, 0.1) is 0 Å². The van der Waals surface area contributed by atoms with Gasteiger partial charge in [0.25, 0.3) is 0 Å². The van der Waals surface area contributed by atoms with Crippen molar-refractivity contribution < 1.29 is 0 Å². The van der Waals surface area contributed by atoms with Gasteiger partial charge in [-0.3, -0.25) is 0 Å². The molecule has 0 radical (unpaired) electrons. The van der Waals surface area contributed by atoms with Gasteiger partial charge in [0.2, 0.25) is 16.3 Å².